The summed E-state index contributed by atoms with van der Waals surface area (Å²) >= 11 is 0. The molecule has 0 bridgehead atoms. The standard InChI is InChI=1S/C7H14.C7H16.C2H6/c1-7-5-3-2-4-6-7;1-3-5-7-6-4-2;1-2/h7H,2-6H2,1H3;3-7H2,1-2H3;1-2H3. The van der Waals surface area contributed by atoms with Gasteiger partial charge in [-0.15, -0.1) is 0 Å². The Morgan fingerprint density at radius 2 is 1.19 bits per heavy atom. The van der Waals surface area contributed by atoms with E-state index in [4.69, 9.17) is 0 Å². The van der Waals surface area contributed by atoms with Crippen LogP contribution < -0.4 is 0 Å². The molecule has 0 heteroatoms. The van der Waals surface area contributed by atoms with E-state index < -0.39 is 0 Å². The first-order valence-corrected chi connectivity index (χ1v) is 7.81. The fourth-order valence-corrected chi connectivity index (χ4v) is 1.98. The zero-order chi connectivity index (χ0) is 12.6. The largest absolute Gasteiger partial charge is 0.0683 e. The van der Waals surface area contributed by atoms with Crippen molar-refractivity contribution in [2.75, 3.05) is 0 Å². The van der Waals surface area contributed by atoms with E-state index in [1.165, 1.54) is 64.2 Å². The second kappa shape index (κ2) is 17.4. The Balaban J connectivity index is 0. The normalized spacial score (nSPS) is 15.6. The van der Waals surface area contributed by atoms with Gasteiger partial charge in [-0.05, 0) is 5.92 Å². The second-order valence-electron chi connectivity index (χ2n) is 4.80. The summed E-state index contributed by atoms with van der Waals surface area (Å²) in [5.74, 6) is 1.04. The molecule has 0 amide bonds. The smallest absolute Gasteiger partial charge is 0.0443 e. The van der Waals surface area contributed by atoms with Crippen LogP contribution in [0.5, 0.6) is 0 Å². The molecule has 0 saturated heterocycles. The van der Waals surface area contributed by atoms with E-state index in [9.17, 15) is 0 Å². The van der Waals surface area contributed by atoms with Crippen molar-refractivity contribution in [1.82, 2.24) is 0 Å². The number of hydrogen-bond acceptors (Lipinski definition) is 0. The molecule has 0 aromatic rings. The summed E-state index contributed by atoms with van der Waals surface area (Å²) in [5.41, 5.74) is 0. The summed E-state index contributed by atoms with van der Waals surface area (Å²) in [6.45, 7) is 10.9. The van der Waals surface area contributed by atoms with Gasteiger partial charge < -0.3 is 0 Å². The highest BCUT2D eigenvalue weighted by Crippen LogP contribution is 2.22. The third-order valence-corrected chi connectivity index (χ3v) is 3.10. The monoisotopic (exact) mass is 228 g/mol. The van der Waals surface area contributed by atoms with Crippen LogP contribution in [0, 0.1) is 5.92 Å². The molecule has 1 aliphatic rings. The minimum absolute atomic E-state index is 1.04. The molecule has 0 spiro atoms. The van der Waals surface area contributed by atoms with Crippen molar-refractivity contribution in [3.05, 3.63) is 0 Å². The van der Waals surface area contributed by atoms with Gasteiger partial charge in [-0.1, -0.05) is 98.8 Å². The molecule has 0 aliphatic heterocycles. The molecule has 0 atom stereocenters. The maximum absolute atomic E-state index is 2.36. The zero-order valence-corrected chi connectivity index (χ0v) is 12.6. The van der Waals surface area contributed by atoms with Gasteiger partial charge >= 0.3 is 0 Å². The predicted octanol–water partition coefficient (Wildman–Crippen LogP) is 6.59. The molecule has 0 heterocycles. The molecular formula is C16H36. The van der Waals surface area contributed by atoms with E-state index in [1.807, 2.05) is 13.8 Å². The average Bonchev–Trinajstić information content (AvgIpc) is 2.34. The highest BCUT2D eigenvalue weighted by atomic mass is 14.1. The Labute approximate surface area is 105 Å². The lowest BCUT2D eigenvalue weighted by atomic mass is 9.91. The van der Waals surface area contributed by atoms with E-state index in [1.54, 1.807) is 0 Å². The summed E-state index contributed by atoms with van der Waals surface area (Å²) in [4.78, 5) is 0. The predicted molar refractivity (Wildman–Crippen MR) is 78.0 cm³/mol. The van der Waals surface area contributed by atoms with Crippen LogP contribution in [0.2, 0.25) is 0 Å². The molecule has 0 aromatic heterocycles. The Kier molecular flexibility index (Phi) is 20.0. The van der Waals surface area contributed by atoms with Gasteiger partial charge in [0.05, 0.1) is 0 Å². The molecular weight excluding hydrogens is 192 g/mol. The number of hydrogen-bond donors (Lipinski definition) is 0. The van der Waals surface area contributed by atoms with Crippen molar-refractivity contribution in [3.8, 4) is 0 Å². The third-order valence-electron chi connectivity index (χ3n) is 3.10. The van der Waals surface area contributed by atoms with Crippen molar-refractivity contribution in [3.63, 3.8) is 0 Å². The van der Waals surface area contributed by atoms with Crippen LogP contribution in [0.3, 0.4) is 0 Å². The van der Waals surface area contributed by atoms with E-state index in [-0.39, 0.29) is 0 Å². The van der Waals surface area contributed by atoms with Crippen LogP contribution in [0.4, 0.5) is 0 Å². The molecule has 1 fully saturated rings. The molecule has 0 radical (unpaired) electrons. The number of rotatable bonds is 4. The maximum Gasteiger partial charge on any atom is -0.0443 e. The first-order valence-electron chi connectivity index (χ1n) is 7.81. The zero-order valence-electron chi connectivity index (χ0n) is 12.6. The summed E-state index contributed by atoms with van der Waals surface area (Å²) in [7, 11) is 0. The van der Waals surface area contributed by atoms with Gasteiger partial charge in [0.1, 0.15) is 0 Å². The second-order valence-corrected chi connectivity index (χ2v) is 4.80. The van der Waals surface area contributed by atoms with E-state index >= 15 is 0 Å². The molecule has 1 aliphatic carbocycles. The van der Waals surface area contributed by atoms with Crippen LogP contribution in [-0.4, -0.2) is 0 Å². The van der Waals surface area contributed by atoms with E-state index in [2.05, 4.69) is 20.8 Å². The Morgan fingerprint density at radius 1 is 0.750 bits per heavy atom. The lowest BCUT2D eigenvalue weighted by molar-refractivity contribution is 0.385. The quantitative estimate of drug-likeness (QED) is 0.476. The van der Waals surface area contributed by atoms with Crippen molar-refractivity contribution >= 4 is 0 Å². The van der Waals surface area contributed by atoms with Crippen molar-refractivity contribution in [2.45, 2.75) is 98.8 Å². The molecule has 1 saturated carbocycles. The van der Waals surface area contributed by atoms with Gasteiger partial charge in [0.15, 0.2) is 0 Å². The molecule has 0 N–H and O–H groups in total. The average molecular weight is 228 g/mol. The van der Waals surface area contributed by atoms with Crippen molar-refractivity contribution in [1.29, 1.82) is 0 Å². The van der Waals surface area contributed by atoms with Gasteiger partial charge in [-0.25, -0.2) is 0 Å². The highest BCUT2D eigenvalue weighted by Gasteiger charge is 2.05. The van der Waals surface area contributed by atoms with Crippen LogP contribution in [-0.2, 0) is 0 Å². The molecule has 16 heavy (non-hydrogen) atoms. The SMILES string of the molecule is CC.CC1CCCCC1.CCCCCCC. The summed E-state index contributed by atoms with van der Waals surface area (Å²) < 4.78 is 0. The first-order chi connectivity index (χ1) is 7.81. The third kappa shape index (κ3) is 16.4. The van der Waals surface area contributed by atoms with Gasteiger partial charge in [0.2, 0.25) is 0 Å². The summed E-state index contributed by atoms with van der Waals surface area (Å²) in [5, 5.41) is 0. The van der Waals surface area contributed by atoms with Gasteiger partial charge in [-0.2, -0.15) is 0 Å². The van der Waals surface area contributed by atoms with E-state index in [0.29, 0.717) is 0 Å². The van der Waals surface area contributed by atoms with Gasteiger partial charge in [0, 0.05) is 0 Å². The van der Waals surface area contributed by atoms with Crippen molar-refractivity contribution in [2.24, 2.45) is 5.92 Å². The lowest BCUT2D eigenvalue weighted by Crippen LogP contribution is -1.99. The van der Waals surface area contributed by atoms with Crippen LogP contribution >= 0.6 is 0 Å². The van der Waals surface area contributed by atoms with Gasteiger partial charge in [0.25, 0.3) is 0 Å². The van der Waals surface area contributed by atoms with Crippen LogP contribution in [0.1, 0.15) is 98.8 Å². The minimum Gasteiger partial charge on any atom is -0.0683 e. The Hall–Kier alpha value is 0. The first kappa shape index (κ1) is 18.4. The van der Waals surface area contributed by atoms with Crippen molar-refractivity contribution < 1.29 is 0 Å². The molecule has 1 rings (SSSR count). The van der Waals surface area contributed by atoms with Crippen LogP contribution in [0.25, 0.3) is 0 Å². The molecule has 0 nitrogen and oxygen atoms in total. The Morgan fingerprint density at radius 3 is 1.44 bits per heavy atom. The minimum atomic E-state index is 1.04. The van der Waals surface area contributed by atoms with Gasteiger partial charge in [-0.3, -0.25) is 0 Å². The fourth-order valence-electron chi connectivity index (χ4n) is 1.98. The summed E-state index contributed by atoms with van der Waals surface area (Å²) in [6.07, 6.45) is 14.4. The van der Waals surface area contributed by atoms with Crippen LogP contribution in [0.15, 0.2) is 0 Å². The highest BCUT2D eigenvalue weighted by molar-refractivity contribution is 4.59. The topological polar surface area (TPSA) is 0 Å². The summed E-state index contributed by atoms with van der Waals surface area (Å²) in [6, 6.07) is 0. The fraction of sp³-hybridized carbons (Fsp3) is 1.00. The number of unbranched alkanes of at least 4 members (excludes halogenated alkanes) is 4. The van der Waals surface area contributed by atoms with E-state index in [0.717, 1.165) is 5.92 Å². The molecule has 0 aromatic carbocycles. The molecule has 0 unspecified atom stereocenters. The molecule has 100 valence electrons. The lowest BCUT2D eigenvalue weighted by Gasteiger charge is -2.15. The maximum atomic E-state index is 2.36. The Bertz CT molecular complexity index is 86.2.